The Balaban J connectivity index is 1.00. The fourth-order valence-electron chi connectivity index (χ4n) is 6.42. The Morgan fingerprint density at radius 3 is 1.43 bits per heavy atom. The number of hydrogen-bond donors (Lipinski definition) is 0. The normalized spacial score (nSPS) is 19.1. The molecule has 0 N–H and O–H groups in total. The second-order valence-corrected chi connectivity index (χ2v) is 19.0. The van der Waals surface area contributed by atoms with Crippen LogP contribution in [-0.2, 0) is 0 Å². The van der Waals surface area contributed by atoms with Crippen LogP contribution in [0.5, 0.6) is 5.75 Å². The highest BCUT2D eigenvalue weighted by Gasteiger charge is 2.66. The van der Waals surface area contributed by atoms with Crippen LogP contribution in [0.15, 0.2) is 97.1 Å². The molecule has 7 rings (SSSR count). The maximum Gasteiger partial charge on any atom is 0.129 e. The zero-order valence-corrected chi connectivity index (χ0v) is 28.8. The lowest BCUT2D eigenvalue weighted by molar-refractivity contribution is -0.113. The largest absolute Gasteiger partial charge is 0.494 e. The first kappa shape index (κ1) is 31.6. The first-order chi connectivity index (χ1) is 22.2. The Labute approximate surface area is 277 Å². The number of ether oxygens (including phenoxy) is 1. The lowest BCUT2D eigenvalue weighted by Crippen LogP contribution is -2.60. The first-order valence-electron chi connectivity index (χ1n) is 16.9. The van der Waals surface area contributed by atoms with Gasteiger partial charge in [-0.05, 0) is 96.5 Å². The molecule has 230 valence electrons. The summed E-state index contributed by atoms with van der Waals surface area (Å²) in [7, 11) is -1.30. The number of benzene rings is 4. The summed E-state index contributed by atoms with van der Waals surface area (Å²) >= 11 is 0. The van der Waals surface area contributed by atoms with Crippen LogP contribution in [0, 0.1) is 46.0 Å². The van der Waals surface area contributed by atoms with Crippen molar-refractivity contribution in [3.8, 4) is 63.1 Å². The standard InChI is InChI=1S/C44H44OSi/c1-5-6-7-8-30-45-42-25-23-41(24-26-42)40-19-13-36(14-20-40)10-9-35-11-17-38(18-12-35)39-21-15-37(16-22-39)27-28-43-32-44(33-43,34-43)29-31-46(2,3)4/h11-26H,5-8,30,32-34H2,1-4H3. The van der Waals surface area contributed by atoms with Gasteiger partial charge in [0.25, 0.3) is 0 Å². The van der Waals surface area contributed by atoms with Crippen molar-refractivity contribution in [3.05, 3.63) is 114 Å². The van der Waals surface area contributed by atoms with E-state index >= 15 is 0 Å². The van der Waals surface area contributed by atoms with E-state index in [2.05, 4.69) is 159 Å². The molecule has 0 heterocycles. The van der Waals surface area contributed by atoms with Gasteiger partial charge in [-0.3, -0.25) is 0 Å². The van der Waals surface area contributed by atoms with Crippen molar-refractivity contribution in [2.24, 2.45) is 10.8 Å². The summed E-state index contributed by atoms with van der Waals surface area (Å²) in [5.74, 6) is 18.2. The highest BCUT2D eigenvalue weighted by Crippen LogP contribution is 2.72. The zero-order valence-electron chi connectivity index (χ0n) is 27.8. The summed E-state index contributed by atoms with van der Waals surface area (Å²) in [6.07, 6.45) is 8.35. The molecule has 0 atom stereocenters. The van der Waals surface area contributed by atoms with Gasteiger partial charge < -0.3 is 4.74 Å². The minimum atomic E-state index is -1.30. The van der Waals surface area contributed by atoms with E-state index in [9.17, 15) is 0 Å². The summed E-state index contributed by atoms with van der Waals surface area (Å²) < 4.78 is 5.89. The summed E-state index contributed by atoms with van der Waals surface area (Å²) in [6.45, 7) is 9.98. The lowest BCUT2D eigenvalue weighted by atomic mass is 9.36. The van der Waals surface area contributed by atoms with Gasteiger partial charge in [-0.25, -0.2) is 0 Å². The third kappa shape index (κ3) is 7.86. The van der Waals surface area contributed by atoms with Crippen LogP contribution in [0.2, 0.25) is 19.6 Å². The average molecular weight is 617 g/mol. The third-order valence-electron chi connectivity index (χ3n) is 9.00. The van der Waals surface area contributed by atoms with Crippen LogP contribution in [0.3, 0.4) is 0 Å². The van der Waals surface area contributed by atoms with E-state index in [0.717, 1.165) is 54.7 Å². The quantitative estimate of drug-likeness (QED) is 0.109. The summed E-state index contributed by atoms with van der Waals surface area (Å²) in [5, 5.41) is 0. The van der Waals surface area contributed by atoms with Crippen molar-refractivity contribution in [3.63, 3.8) is 0 Å². The summed E-state index contributed by atoms with van der Waals surface area (Å²) in [4.78, 5) is 0. The van der Waals surface area contributed by atoms with Crippen LogP contribution in [0.4, 0.5) is 0 Å². The number of rotatable bonds is 8. The van der Waals surface area contributed by atoms with E-state index in [-0.39, 0.29) is 10.8 Å². The second kappa shape index (κ2) is 13.5. The van der Waals surface area contributed by atoms with E-state index in [1.165, 1.54) is 41.5 Å². The van der Waals surface area contributed by atoms with Crippen molar-refractivity contribution in [2.75, 3.05) is 6.61 Å². The van der Waals surface area contributed by atoms with Gasteiger partial charge in [0.15, 0.2) is 0 Å². The SMILES string of the molecule is CCCCCCOc1ccc(-c2ccc(C#Cc3ccc(-c4ccc(C#CC56CC(C#C[Si](C)(C)C)(C5)C6)cc4)cc3)cc2)cc1. The van der Waals surface area contributed by atoms with Crippen LogP contribution >= 0.6 is 0 Å². The molecule has 0 aliphatic heterocycles. The molecule has 3 saturated carbocycles. The molecule has 1 nitrogen and oxygen atoms in total. The van der Waals surface area contributed by atoms with Crippen LogP contribution in [-0.4, -0.2) is 14.7 Å². The molecule has 0 aromatic heterocycles. The molecule has 2 bridgehead atoms. The molecule has 0 amide bonds. The highest BCUT2D eigenvalue weighted by atomic mass is 28.3. The summed E-state index contributed by atoms with van der Waals surface area (Å²) in [6, 6.07) is 34.0. The Bertz CT molecular complexity index is 1820. The van der Waals surface area contributed by atoms with Crippen molar-refractivity contribution in [1.82, 2.24) is 0 Å². The average Bonchev–Trinajstić information content (AvgIpc) is 3.03. The van der Waals surface area contributed by atoms with Gasteiger partial charge in [-0.15, -0.1) is 11.5 Å². The van der Waals surface area contributed by atoms with E-state index in [1.807, 2.05) is 0 Å². The van der Waals surface area contributed by atoms with Gasteiger partial charge in [0.2, 0.25) is 0 Å². The molecule has 3 aliphatic rings. The Morgan fingerprint density at radius 1 is 0.543 bits per heavy atom. The predicted octanol–water partition coefficient (Wildman–Crippen LogP) is 10.8. The van der Waals surface area contributed by atoms with Crippen molar-refractivity contribution >= 4 is 8.07 Å². The van der Waals surface area contributed by atoms with Crippen LogP contribution in [0.25, 0.3) is 22.3 Å². The molecule has 4 aromatic rings. The summed E-state index contributed by atoms with van der Waals surface area (Å²) in [5.41, 5.74) is 11.9. The molecule has 4 aromatic carbocycles. The zero-order chi connectivity index (χ0) is 32.0. The monoisotopic (exact) mass is 616 g/mol. The smallest absolute Gasteiger partial charge is 0.129 e. The molecule has 3 aliphatic carbocycles. The van der Waals surface area contributed by atoms with E-state index in [0.29, 0.717) is 0 Å². The highest BCUT2D eigenvalue weighted by molar-refractivity contribution is 6.83. The van der Waals surface area contributed by atoms with Crippen molar-refractivity contribution in [2.45, 2.75) is 71.5 Å². The van der Waals surface area contributed by atoms with Gasteiger partial charge in [0, 0.05) is 27.5 Å². The third-order valence-corrected chi connectivity index (χ3v) is 9.87. The topological polar surface area (TPSA) is 9.23 Å². The molecule has 2 heteroatoms. The number of hydrogen-bond acceptors (Lipinski definition) is 1. The molecule has 46 heavy (non-hydrogen) atoms. The predicted molar refractivity (Wildman–Crippen MR) is 196 cm³/mol. The minimum Gasteiger partial charge on any atom is -0.494 e. The molecule has 0 radical (unpaired) electrons. The molecule has 0 unspecified atom stereocenters. The first-order valence-corrected chi connectivity index (χ1v) is 20.4. The van der Waals surface area contributed by atoms with Crippen LogP contribution < -0.4 is 4.74 Å². The Kier molecular flexibility index (Phi) is 9.27. The fraction of sp³-hybridized carbons (Fsp3) is 0.318. The fourth-order valence-corrected chi connectivity index (χ4v) is 7.06. The van der Waals surface area contributed by atoms with Gasteiger partial charge in [-0.1, -0.05) is 118 Å². The van der Waals surface area contributed by atoms with Crippen molar-refractivity contribution in [1.29, 1.82) is 0 Å². The van der Waals surface area contributed by atoms with Crippen LogP contribution in [0.1, 0.15) is 68.6 Å². The molecular weight excluding hydrogens is 573 g/mol. The number of unbranched alkanes of at least 4 members (excludes halogenated alkanes) is 3. The van der Waals surface area contributed by atoms with E-state index < -0.39 is 8.07 Å². The van der Waals surface area contributed by atoms with Crippen molar-refractivity contribution < 1.29 is 4.74 Å². The molecule has 0 spiro atoms. The van der Waals surface area contributed by atoms with Gasteiger partial charge >= 0.3 is 0 Å². The van der Waals surface area contributed by atoms with E-state index in [1.54, 1.807) is 0 Å². The maximum absolute atomic E-state index is 5.89. The minimum absolute atomic E-state index is 0.223. The Morgan fingerprint density at radius 2 is 0.978 bits per heavy atom. The van der Waals surface area contributed by atoms with Gasteiger partial charge in [-0.2, -0.15) is 0 Å². The lowest BCUT2D eigenvalue weighted by Gasteiger charge is -2.66. The molecular formula is C44H44OSi. The second-order valence-electron chi connectivity index (χ2n) is 14.3. The molecule has 3 fully saturated rings. The molecule has 0 saturated heterocycles. The van der Waals surface area contributed by atoms with Gasteiger partial charge in [0.1, 0.15) is 13.8 Å². The Hall–Kier alpha value is -4.42. The maximum atomic E-state index is 5.89. The van der Waals surface area contributed by atoms with Gasteiger partial charge in [0.05, 0.1) is 6.61 Å². The van der Waals surface area contributed by atoms with E-state index in [4.69, 9.17) is 4.74 Å².